The van der Waals surface area contributed by atoms with Gasteiger partial charge in [-0.25, -0.2) is 13.8 Å². The minimum absolute atomic E-state index is 0.0183. The molecule has 3 aromatic rings. The number of benzene rings is 1. The first-order valence-electron chi connectivity index (χ1n) is 12.8. The Kier molecular flexibility index (Phi) is 5.62. The second-order valence-corrected chi connectivity index (χ2v) is 10.5. The van der Waals surface area contributed by atoms with Crippen molar-refractivity contribution in [1.82, 2.24) is 19.4 Å². The van der Waals surface area contributed by atoms with Gasteiger partial charge in [0, 0.05) is 68.4 Å². The van der Waals surface area contributed by atoms with Crippen molar-refractivity contribution in [2.45, 2.75) is 63.0 Å². The third-order valence-electron chi connectivity index (χ3n) is 7.97. The van der Waals surface area contributed by atoms with Gasteiger partial charge in [-0.15, -0.1) is 0 Å². The fourth-order valence-corrected chi connectivity index (χ4v) is 5.87. The van der Waals surface area contributed by atoms with E-state index in [9.17, 15) is 13.6 Å². The summed E-state index contributed by atoms with van der Waals surface area (Å²) < 4.78 is 28.5. The zero-order chi connectivity index (χ0) is 24.2. The number of halogens is 2. The van der Waals surface area contributed by atoms with Crippen LogP contribution in [0, 0.1) is 0 Å². The van der Waals surface area contributed by atoms with Crippen LogP contribution in [0.15, 0.2) is 29.2 Å². The van der Waals surface area contributed by atoms with Gasteiger partial charge in [-0.05, 0) is 37.4 Å². The normalized spacial score (nSPS) is 22.0. The van der Waals surface area contributed by atoms with Gasteiger partial charge in [-0.1, -0.05) is 25.3 Å². The van der Waals surface area contributed by atoms with Crippen LogP contribution in [0.5, 0.6) is 0 Å². The first-order chi connectivity index (χ1) is 16.9. The SMILES string of the molecule is CN1CCN(c2ccc3c(c2)c(=O)n(C2CCCCC2)c2nc(NC4CC(F)(F)C4)ncc32)CC1. The van der Waals surface area contributed by atoms with Crippen molar-refractivity contribution in [3.63, 3.8) is 0 Å². The van der Waals surface area contributed by atoms with E-state index in [4.69, 9.17) is 4.98 Å². The molecule has 9 heteroatoms. The Morgan fingerprint density at radius 3 is 2.46 bits per heavy atom. The lowest BCUT2D eigenvalue weighted by atomic mass is 9.88. The number of pyridine rings is 1. The number of nitrogens with zero attached hydrogens (tertiary/aromatic N) is 5. The van der Waals surface area contributed by atoms with Crippen LogP contribution in [0.2, 0.25) is 0 Å². The lowest BCUT2D eigenvalue weighted by Gasteiger charge is -2.35. The zero-order valence-electron chi connectivity index (χ0n) is 20.1. The van der Waals surface area contributed by atoms with E-state index in [0.29, 0.717) is 17.0 Å². The maximum atomic E-state index is 14.0. The molecule has 3 heterocycles. The molecule has 2 aromatic heterocycles. The van der Waals surface area contributed by atoms with Crippen LogP contribution in [0.3, 0.4) is 0 Å². The van der Waals surface area contributed by atoms with Gasteiger partial charge in [0.1, 0.15) is 5.65 Å². The van der Waals surface area contributed by atoms with E-state index in [-0.39, 0.29) is 30.5 Å². The molecule has 35 heavy (non-hydrogen) atoms. The van der Waals surface area contributed by atoms with Crippen molar-refractivity contribution in [2.24, 2.45) is 0 Å². The van der Waals surface area contributed by atoms with Crippen molar-refractivity contribution in [3.05, 3.63) is 34.7 Å². The summed E-state index contributed by atoms with van der Waals surface area (Å²) in [4.78, 5) is 27.8. The molecule has 1 aliphatic heterocycles. The monoisotopic (exact) mass is 482 g/mol. The van der Waals surface area contributed by atoms with Crippen LogP contribution in [0.25, 0.3) is 21.8 Å². The van der Waals surface area contributed by atoms with E-state index in [1.165, 1.54) is 6.42 Å². The summed E-state index contributed by atoms with van der Waals surface area (Å²) in [5, 5.41) is 5.43. The fraction of sp³-hybridized carbons (Fsp3) is 0.577. The van der Waals surface area contributed by atoms with E-state index < -0.39 is 5.92 Å². The number of alkyl halides is 2. The summed E-state index contributed by atoms with van der Waals surface area (Å²) in [6.45, 7) is 3.87. The van der Waals surface area contributed by atoms with E-state index in [1.54, 1.807) is 6.20 Å². The first-order valence-corrected chi connectivity index (χ1v) is 12.8. The molecule has 2 aliphatic carbocycles. The predicted octanol–water partition coefficient (Wildman–Crippen LogP) is 4.41. The maximum Gasteiger partial charge on any atom is 0.260 e. The minimum Gasteiger partial charge on any atom is -0.369 e. The highest BCUT2D eigenvalue weighted by molar-refractivity contribution is 6.05. The summed E-state index contributed by atoms with van der Waals surface area (Å²) in [6.07, 6.45) is 6.57. The largest absolute Gasteiger partial charge is 0.369 e. The Bertz CT molecular complexity index is 1300. The number of anilines is 2. The van der Waals surface area contributed by atoms with Gasteiger partial charge in [-0.2, -0.15) is 4.98 Å². The van der Waals surface area contributed by atoms with Crippen molar-refractivity contribution < 1.29 is 8.78 Å². The average Bonchev–Trinajstić information content (AvgIpc) is 2.84. The van der Waals surface area contributed by atoms with E-state index >= 15 is 0 Å². The molecule has 0 amide bonds. The topological polar surface area (TPSA) is 66.3 Å². The Morgan fingerprint density at radius 2 is 1.74 bits per heavy atom. The number of hydrogen-bond acceptors (Lipinski definition) is 6. The molecule has 3 fully saturated rings. The predicted molar refractivity (Wildman–Crippen MR) is 135 cm³/mol. The number of nitrogens with one attached hydrogen (secondary N) is 1. The second-order valence-electron chi connectivity index (χ2n) is 10.5. The summed E-state index contributed by atoms with van der Waals surface area (Å²) in [7, 11) is 2.13. The van der Waals surface area contributed by atoms with E-state index in [2.05, 4.69) is 33.2 Å². The second kappa shape index (κ2) is 8.69. The molecule has 6 rings (SSSR count). The van der Waals surface area contributed by atoms with Crippen LogP contribution in [-0.2, 0) is 0 Å². The molecule has 7 nitrogen and oxygen atoms in total. The molecule has 2 saturated carbocycles. The standard InChI is InChI=1S/C26H32F2N6O/c1-32-9-11-33(12-10-32)19-7-8-20-21(13-19)24(35)34(18-5-3-2-4-6-18)23-22(20)16-29-25(31-23)30-17-14-26(27,28)15-17/h7-8,13,16-18H,2-6,9-12,14-15H2,1H3,(H,29,30,31). The van der Waals surface area contributed by atoms with E-state index in [1.807, 2.05) is 16.7 Å². The number of aromatic nitrogens is 3. The number of rotatable bonds is 4. The highest BCUT2D eigenvalue weighted by atomic mass is 19.3. The van der Waals surface area contributed by atoms with Crippen molar-refractivity contribution in [2.75, 3.05) is 43.4 Å². The summed E-state index contributed by atoms with van der Waals surface area (Å²) in [5.41, 5.74) is 1.66. The molecule has 0 spiro atoms. The maximum absolute atomic E-state index is 14.0. The van der Waals surface area contributed by atoms with Crippen molar-refractivity contribution >= 4 is 33.4 Å². The molecule has 186 valence electrons. The van der Waals surface area contributed by atoms with Crippen LogP contribution in [0.4, 0.5) is 20.4 Å². The lowest BCUT2D eigenvalue weighted by molar-refractivity contribution is -0.0794. The van der Waals surface area contributed by atoms with E-state index in [0.717, 1.165) is 68.3 Å². The van der Waals surface area contributed by atoms with Gasteiger partial charge in [0.15, 0.2) is 0 Å². The number of hydrogen-bond donors (Lipinski definition) is 1. The van der Waals surface area contributed by atoms with Gasteiger partial charge < -0.3 is 15.1 Å². The molecular weight excluding hydrogens is 450 g/mol. The highest BCUT2D eigenvalue weighted by Crippen LogP contribution is 2.39. The minimum atomic E-state index is -2.61. The van der Waals surface area contributed by atoms with Crippen molar-refractivity contribution in [3.8, 4) is 0 Å². The quantitative estimate of drug-likeness (QED) is 0.556. The number of piperazine rings is 1. The molecule has 0 bridgehead atoms. The molecule has 0 unspecified atom stereocenters. The molecule has 1 N–H and O–H groups in total. The van der Waals surface area contributed by atoms with Crippen LogP contribution >= 0.6 is 0 Å². The number of likely N-dealkylation sites (N-methyl/N-ethyl adjacent to an activating group) is 1. The van der Waals surface area contributed by atoms with Crippen LogP contribution in [-0.4, -0.2) is 64.6 Å². The van der Waals surface area contributed by atoms with Gasteiger partial charge in [0.05, 0.1) is 5.39 Å². The molecule has 1 saturated heterocycles. The molecule has 0 radical (unpaired) electrons. The third kappa shape index (κ3) is 4.24. The van der Waals surface area contributed by atoms with Gasteiger partial charge in [0.2, 0.25) is 5.95 Å². The zero-order valence-corrected chi connectivity index (χ0v) is 20.1. The van der Waals surface area contributed by atoms with Gasteiger partial charge in [0.25, 0.3) is 11.5 Å². The molecular formula is C26H32F2N6O. The molecule has 3 aliphatic rings. The van der Waals surface area contributed by atoms with Crippen LogP contribution < -0.4 is 15.8 Å². The van der Waals surface area contributed by atoms with Crippen molar-refractivity contribution in [1.29, 1.82) is 0 Å². The Labute approximate surface area is 203 Å². The Balaban J connectivity index is 1.45. The van der Waals surface area contributed by atoms with Crippen LogP contribution in [0.1, 0.15) is 51.0 Å². The Hall–Kier alpha value is -2.81. The Morgan fingerprint density at radius 1 is 1.00 bits per heavy atom. The lowest BCUT2D eigenvalue weighted by Crippen LogP contribution is -2.44. The molecule has 0 atom stereocenters. The fourth-order valence-electron chi connectivity index (χ4n) is 5.87. The average molecular weight is 483 g/mol. The smallest absolute Gasteiger partial charge is 0.260 e. The third-order valence-corrected chi connectivity index (χ3v) is 7.97. The number of fused-ring (bicyclic) bond motifs is 3. The summed E-state index contributed by atoms with van der Waals surface area (Å²) >= 11 is 0. The molecule has 1 aromatic carbocycles. The summed E-state index contributed by atoms with van der Waals surface area (Å²) in [6, 6.07) is 5.88. The summed E-state index contributed by atoms with van der Waals surface area (Å²) in [5.74, 6) is -2.30. The highest BCUT2D eigenvalue weighted by Gasteiger charge is 2.45. The van der Waals surface area contributed by atoms with Gasteiger partial charge >= 0.3 is 0 Å². The first kappa shape index (κ1) is 22.6. The van der Waals surface area contributed by atoms with Gasteiger partial charge in [-0.3, -0.25) is 9.36 Å².